The van der Waals surface area contributed by atoms with Crippen molar-refractivity contribution in [3.05, 3.63) is 0 Å². The van der Waals surface area contributed by atoms with Crippen LogP contribution in [0.4, 0.5) is 4.79 Å². The average Bonchev–Trinajstić information content (AvgIpc) is 2.90. The van der Waals surface area contributed by atoms with Crippen molar-refractivity contribution in [3.8, 4) is 0 Å². The second-order valence-electron chi connectivity index (χ2n) is 4.87. The quantitative estimate of drug-likeness (QED) is 0.797. The van der Waals surface area contributed by atoms with Gasteiger partial charge in [0.2, 0.25) is 0 Å². The first-order chi connectivity index (χ1) is 9.15. The Balaban J connectivity index is 2.05. The summed E-state index contributed by atoms with van der Waals surface area (Å²) >= 11 is 1.51. The zero-order valence-corrected chi connectivity index (χ0v) is 12.0. The molecule has 0 aliphatic carbocycles. The molecule has 6 nitrogen and oxygen atoms in total. The van der Waals surface area contributed by atoms with Gasteiger partial charge in [-0.15, -0.1) is 11.8 Å². The molecule has 2 amide bonds. The van der Waals surface area contributed by atoms with Crippen molar-refractivity contribution in [2.75, 3.05) is 31.3 Å². The molecule has 2 aliphatic rings. The van der Waals surface area contributed by atoms with Gasteiger partial charge in [-0.2, -0.15) is 0 Å². The third-order valence-corrected chi connectivity index (χ3v) is 4.76. The number of carboxylic acid groups (broad SMARTS) is 1. The van der Waals surface area contributed by atoms with E-state index in [0.29, 0.717) is 18.2 Å². The molecule has 0 bridgehead atoms. The smallest absolute Gasteiger partial charge is 0.327 e. The maximum atomic E-state index is 12.5. The summed E-state index contributed by atoms with van der Waals surface area (Å²) in [7, 11) is 0. The molecular weight excluding hydrogens is 266 g/mol. The molecule has 2 N–H and O–H groups in total. The van der Waals surface area contributed by atoms with Gasteiger partial charge in [0.25, 0.3) is 0 Å². The highest BCUT2D eigenvalue weighted by Gasteiger charge is 2.38. The van der Waals surface area contributed by atoms with Crippen molar-refractivity contribution in [1.29, 1.82) is 0 Å². The van der Waals surface area contributed by atoms with Gasteiger partial charge < -0.3 is 20.2 Å². The van der Waals surface area contributed by atoms with E-state index in [1.807, 2.05) is 11.8 Å². The summed E-state index contributed by atoms with van der Waals surface area (Å²) in [5, 5.41) is 12.4. The van der Waals surface area contributed by atoms with Gasteiger partial charge in [0.1, 0.15) is 6.04 Å². The predicted molar refractivity (Wildman–Crippen MR) is 74.3 cm³/mol. The van der Waals surface area contributed by atoms with Crippen molar-refractivity contribution in [2.24, 2.45) is 0 Å². The van der Waals surface area contributed by atoms with Gasteiger partial charge in [-0.1, -0.05) is 0 Å². The molecule has 0 aromatic heterocycles. The van der Waals surface area contributed by atoms with Gasteiger partial charge in [-0.05, 0) is 32.9 Å². The van der Waals surface area contributed by atoms with Crippen LogP contribution in [0.5, 0.6) is 0 Å². The van der Waals surface area contributed by atoms with E-state index in [2.05, 4.69) is 5.32 Å². The second-order valence-corrected chi connectivity index (χ2v) is 5.87. The molecule has 108 valence electrons. The highest BCUT2D eigenvalue weighted by Crippen LogP contribution is 2.24. The first kappa shape index (κ1) is 14.5. The summed E-state index contributed by atoms with van der Waals surface area (Å²) in [5.74, 6) is 0.0713. The minimum Gasteiger partial charge on any atom is -0.480 e. The van der Waals surface area contributed by atoms with Crippen LogP contribution in [-0.2, 0) is 4.79 Å². The van der Waals surface area contributed by atoms with Crippen molar-refractivity contribution >= 4 is 23.8 Å². The Kier molecular flexibility index (Phi) is 4.93. The normalized spacial score (nSPS) is 24.5. The number of hydrogen-bond donors (Lipinski definition) is 2. The Morgan fingerprint density at radius 1 is 1.42 bits per heavy atom. The first-order valence-electron chi connectivity index (χ1n) is 6.73. The van der Waals surface area contributed by atoms with Crippen LogP contribution in [0.15, 0.2) is 0 Å². The molecule has 1 atom stereocenters. The van der Waals surface area contributed by atoms with Gasteiger partial charge in [0.15, 0.2) is 0 Å². The lowest BCUT2D eigenvalue weighted by molar-refractivity contribution is -0.141. The monoisotopic (exact) mass is 287 g/mol. The minimum absolute atomic E-state index is 0.119. The second kappa shape index (κ2) is 6.47. The van der Waals surface area contributed by atoms with E-state index in [-0.39, 0.29) is 12.1 Å². The van der Waals surface area contributed by atoms with E-state index in [1.54, 1.807) is 0 Å². The lowest BCUT2D eigenvalue weighted by Gasteiger charge is -2.37. The van der Waals surface area contributed by atoms with Crippen LogP contribution in [0.3, 0.4) is 0 Å². The molecule has 0 spiro atoms. The fourth-order valence-electron chi connectivity index (χ4n) is 2.67. The molecule has 0 aromatic carbocycles. The Bertz CT molecular complexity index is 347. The Morgan fingerprint density at radius 3 is 2.68 bits per heavy atom. The van der Waals surface area contributed by atoms with Crippen molar-refractivity contribution < 1.29 is 14.7 Å². The lowest BCUT2D eigenvalue weighted by atomic mass is 10.1. The van der Waals surface area contributed by atoms with Gasteiger partial charge >= 0.3 is 12.0 Å². The number of urea groups is 1. The van der Waals surface area contributed by atoms with E-state index in [9.17, 15) is 9.59 Å². The lowest BCUT2D eigenvalue weighted by Crippen LogP contribution is -2.53. The number of piperidine rings is 1. The van der Waals surface area contributed by atoms with Crippen molar-refractivity contribution in [2.45, 2.75) is 31.8 Å². The van der Waals surface area contributed by atoms with E-state index in [0.717, 1.165) is 25.9 Å². The minimum atomic E-state index is -0.903. The molecule has 2 aliphatic heterocycles. The summed E-state index contributed by atoms with van der Waals surface area (Å²) in [5.41, 5.74) is 0. The molecule has 0 radical (unpaired) electrons. The van der Waals surface area contributed by atoms with E-state index >= 15 is 0 Å². The maximum Gasteiger partial charge on any atom is 0.327 e. The summed E-state index contributed by atoms with van der Waals surface area (Å²) in [6.07, 6.45) is 1.89. The number of rotatable bonds is 3. The predicted octanol–water partition coefficient (Wildman–Crippen LogP) is 0.640. The number of carbonyl (C=O) groups is 2. The zero-order chi connectivity index (χ0) is 13.8. The van der Waals surface area contributed by atoms with E-state index in [4.69, 9.17) is 5.11 Å². The van der Waals surface area contributed by atoms with Crippen LogP contribution in [0.1, 0.15) is 19.8 Å². The van der Waals surface area contributed by atoms with Crippen LogP contribution < -0.4 is 5.32 Å². The number of aliphatic carboxylic acids is 1. The molecule has 7 heteroatoms. The standard InChI is InChI=1S/C12H21N3O3S/c1-2-14(9-3-5-13-6-4-9)12(18)15-8-19-7-10(15)11(16)17/h9-10,13H,2-8H2,1H3,(H,16,17). The third-order valence-electron chi connectivity index (χ3n) is 3.75. The third kappa shape index (κ3) is 3.14. The number of thioether (sulfide) groups is 1. The fourth-order valence-corrected chi connectivity index (χ4v) is 3.81. The van der Waals surface area contributed by atoms with Gasteiger partial charge in [-0.25, -0.2) is 9.59 Å². The molecule has 2 rings (SSSR count). The Hall–Kier alpha value is -0.950. The molecule has 0 aromatic rings. The maximum absolute atomic E-state index is 12.5. The molecule has 19 heavy (non-hydrogen) atoms. The number of carbonyl (C=O) groups excluding carboxylic acids is 1. The number of amides is 2. The van der Waals surface area contributed by atoms with Crippen molar-refractivity contribution in [3.63, 3.8) is 0 Å². The van der Waals surface area contributed by atoms with Crippen LogP contribution in [-0.4, -0.2) is 70.3 Å². The summed E-state index contributed by atoms with van der Waals surface area (Å²) in [6, 6.07) is -0.557. The molecule has 2 fully saturated rings. The summed E-state index contributed by atoms with van der Waals surface area (Å²) < 4.78 is 0. The van der Waals surface area contributed by atoms with E-state index in [1.165, 1.54) is 16.7 Å². The van der Waals surface area contributed by atoms with Gasteiger partial charge in [0.05, 0.1) is 5.88 Å². The molecule has 1 unspecified atom stereocenters. The topological polar surface area (TPSA) is 72.9 Å². The number of hydrogen-bond acceptors (Lipinski definition) is 4. The molecule has 2 saturated heterocycles. The largest absolute Gasteiger partial charge is 0.480 e. The van der Waals surface area contributed by atoms with Crippen LogP contribution in [0, 0.1) is 0 Å². The SMILES string of the molecule is CCN(C(=O)N1CSCC1C(=O)O)C1CCNCC1. The molecule has 2 heterocycles. The highest BCUT2D eigenvalue weighted by atomic mass is 32.2. The summed E-state index contributed by atoms with van der Waals surface area (Å²) in [6.45, 7) is 4.44. The van der Waals surface area contributed by atoms with Crippen molar-refractivity contribution in [1.82, 2.24) is 15.1 Å². The average molecular weight is 287 g/mol. The molecular formula is C12H21N3O3S. The fraction of sp³-hybridized carbons (Fsp3) is 0.833. The zero-order valence-electron chi connectivity index (χ0n) is 11.2. The van der Waals surface area contributed by atoms with Gasteiger partial charge in [0, 0.05) is 18.3 Å². The number of nitrogens with zero attached hydrogens (tertiary/aromatic N) is 2. The molecule has 0 saturated carbocycles. The first-order valence-corrected chi connectivity index (χ1v) is 7.89. The Morgan fingerprint density at radius 2 is 2.11 bits per heavy atom. The van der Waals surface area contributed by atoms with E-state index < -0.39 is 12.0 Å². The van der Waals surface area contributed by atoms with Crippen LogP contribution in [0.25, 0.3) is 0 Å². The van der Waals surface area contributed by atoms with Crippen LogP contribution in [0.2, 0.25) is 0 Å². The summed E-state index contributed by atoms with van der Waals surface area (Å²) in [4.78, 5) is 27.0. The van der Waals surface area contributed by atoms with Crippen LogP contribution >= 0.6 is 11.8 Å². The highest BCUT2D eigenvalue weighted by molar-refractivity contribution is 7.99. The Labute approximate surface area is 117 Å². The number of nitrogens with one attached hydrogen (secondary N) is 1. The van der Waals surface area contributed by atoms with Gasteiger partial charge in [-0.3, -0.25) is 0 Å². The number of carboxylic acids is 1.